The van der Waals surface area contributed by atoms with E-state index >= 15 is 0 Å². The summed E-state index contributed by atoms with van der Waals surface area (Å²) in [4.78, 5) is 0. The quantitative estimate of drug-likeness (QED) is 0.575. The lowest BCUT2D eigenvalue weighted by Gasteiger charge is -1.63. The maximum absolute atomic E-state index is 11.9. The minimum absolute atomic E-state index is 0.295. The Kier molecular flexibility index (Phi) is 1.44. The molecule has 0 aliphatic carbocycles. The molecule has 0 nitrogen and oxygen atoms in total. The van der Waals surface area contributed by atoms with Crippen molar-refractivity contribution >= 4 is 27.3 Å². The minimum atomic E-state index is -0.295. The van der Waals surface area contributed by atoms with E-state index in [9.17, 15) is 4.39 Å². The Morgan fingerprint density at radius 3 is 2.71 bits per heavy atom. The maximum Gasteiger partial charge on any atom is 0.143 e. The Hall–Kier alpha value is 0.110. The fourth-order valence-corrected chi connectivity index (χ4v) is 1.15. The maximum atomic E-state index is 11.9. The fourth-order valence-electron chi connectivity index (χ4n) is 0.256. The van der Waals surface area contributed by atoms with E-state index in [0.717, 1.165) is 0 Å². The van der Waals surface area contributed by atoms with Crippen LogP contribution in [0, 0.1) is 11.9 Å². The van der Waals surface area contributed by atoms with Crippen LogP contribution < -0.4 is 0 Å². The molecule has 0 atom stereocenters. The van der Waals surface area contributed by atoms with Crippen LogP contribution in [0.3, 0.4) is 0 Å². The van der Waals surface area contributed by atoms with Crippen molar-refractivity contribution in [2.24, 2.45) is 0 Å². The normalized spacial score (nSPS) is 9.43. The highest BCUT2D eigenvalue weighted by atomic mass is 79.9. The van der Waals surface area contributed by atoms with Gasteiger partial charge >= 0.3 is 0 Å². The minimum Gasteiger partial charge on any atom is -0.205 e. The van der Waals surface area contributed by atoms with E-state index < -0.39 is 0 Å². The van der Waals surface area contributed by atoms with Gasteiger partial charge in [0.15, 0.2) is 0 Å². The SMILES string of the molecule is Fc1[c]c(Br)sc1. The molecule has 1 aromatic heterocycles. The van der Waals surface area contributed by atoms with E-state index in [-0.39, 0.29) is 5.82 Å². The van der Waals surface area contributed by atoms with Crippen molar-refractivity contribution in [3.8, 4) is 0 Å². The van der Waals surface area contributed by atoms with E-state index in [1.165, 1.54) is 16.7 Å². The zero-order chi connectivity index (χ0) is 5.28. The number of hydrogen-bond donors (Lipinski definition) is 0. The molecule has 0 fully saturated rings. The topological polar surface area (TPSA) is 0 Å². The van der Waals surface area contributed by atoms with Crippen molar-refractivity contribution in [2.75, 3.05) is 0 Å². The molecule has 1 heterocycles. The Balaban J connectivity index is 3.04. The van der Waals surface area contributed by atoms with Gasteiger partial charge in [0.2, 0.25) is 0 Å². The molecular formula is C4HBrFS. The van der Waals surface area contributed by atoms with Gasteiger partial charge in [0, 0.05) is 11.4 Å². The van der Waals surface area contributed by atoms with Gasteiger partial charge in [-0.15, -0.1) is 11.3 Å². The Bertz CT molecular complexity index is 144. The van der Waals surface area contributed by atoms with Crippen LogP contribution >= 0.6 is 27.3 Å². The Morgan fingerprint density at radius 1 is 1.86 bits per heavy atom. The standard InChI is InChI=1S/C4HBrFS/c5-4-1-3(6)2-7-4/h2H. The molecule has 0 amide bonds. The lowest BCUT2D eigenvalue weighted by molar-refractivity contribution is 0.631. The molecule has 0 bridgehead atoms. The first-order valence-electron chi connectivity index (χ1n) is 1.61. The second-order valence-corrected chi connectivity index (χ2v) is 3.18. The molecule has 0 aliphatic rings. The van der Waals surface area contributed by atoms with Crippen LogP contribution in [-0.4, -0.2) is 0 Å². The molecule has 0 spiro atoms. The predicted molar refractivity (Wildman–Crippen MR) is 30.8 cm³/mol. The third-order valence-corrected chi connectivity index (χ3v) is 1.88. The van der Waals surface area contributed by atoms with Crippen LogP contribution in [0.5, 0.6) is 0 Å². The molecule has 0 aliphatic heterocycles. The highest BCUT2D eigenvalue weighted by molar-refractivity contribution is 9.11. The first-order chi connectivity index (χ1) is 3.29. The molecule has 0 aromatic carbocycles. The summed E-state index contributed by atoms with van der Waals surface area (Å²) in [6, 6.07) is 2.41. The van der Waals surface area contributed by atoms with E-state index in [2.05, 4.69) is 22.0 Å². The van der Waals surface area contributed by atoms with Gasteiger partial charge < -0.3 is 0 Å². The predicted octanol–water partition coefficient (Wildman–Crippen LogP) is 2.45. The van der Waals surface area contributed by atoms with Gasteiger partial charge in [-0.05, 0) is 15.9 Å². The summed E-state index contributed by atoms with van der Waals surface area (Å²) >= 11 is 4.35. The summed E-state index contributed by atoms with van der Waals surface area (Å²) < 4.78 is 12.6. The van der Waals surface area contributed by atoms with Gasteiger partial charge in [-0.25, -0.2) is 4.39 Å². The van der Waals surface area contributed by atoms with Crippen LogP contribution in [0.15, 0.2) is 9.17 Å². The Labute approximate surface area is 53.1 Å². The van der Waals surface area contributed by atoms with Gasteiger partial charge in [0.05, 0.1) is 3.79 Å². The van der Waals surface area contributed by atoms with E-state index in [1.54, 1.807) is 0 Å². The zero-order valence-electron chi connectivity index (χ0n) is 3.24. The van der Waals surface area contributed by atoms with Crippen LogP contribution in [0.25, 0.3) is 0 Å². The molecule has 0 saturated heterocycles. The summed E-state index contributed by atoms with van der Waals surface area (Å²) in [6.07, 6.45) is 0. The number of thiophene rings is 1. The van der Waals surface area contributed by atoms with Crippen LogP contribution in [0.4, 0.5) is 4.39 Å². The molecule has 1 radical (unpaired) electrons. The third-order valence-electron chi connectivity index (χ3n) is 0.484. The summed E-state index contributed by atoms with van der Waals surface area (Å²) in [5.74, 6) is -0.295. The van der Waals surface area contributed by atoms with Crippen LogP contribution in [-0.2, 0) is 0 Å². The van der Waals surface area contributed by atoms with Crippen LogP contribution in [0.1, 0.15) is 0 Å². The molecule has 0 unspecified atom stereocenters. The number of rotatable bonds is 0. The summed E-state index contributed by atoms with van der Waals surface area (Å²) in [5.41, 5.74) is 0. The van der Waals surface area contributed by atoms with Crippen molar-refractivity contribution in [3.05, 3.63) is 21.1 Å². The monoisotopic (exact) mass is 179 g/mol. The van der Waals surface area contributed by atoms with Gasteiger partial charge in [0.1, 0.15) is 5.82 Å². The van der Waals surface area contributed by atoms with Crippen molar-refractivity contribution in [3.63, 3.8) is 0 Å². The van der Waals surface area contributed by atoms with Gasteiger partial charge in [-0.2, -0.15) is 0 Å². The highest BCUT2D eigenvalue weighted by Crippen LogP contribution is 2.17. The lowest BCUT2D eigenvalue weighted by atomic mass is 10.6. The second kappa shape index (κ2) is 1.92. The molecule has 37 valence electrons. The average molecular weight is 180 g/mol. The molecule has 0 saturated carbocycles. The first kappa shape index (κ1) is 5.25. The largest absolute Gasteiger partial charge is 0.205 e. The molecule has 1 rings (SSSR count). The molecule has 0 N–H and O–H groups in total. The van der Waals surface area contributed by atoms with E-state index in [4.69, 9.17) is 0 Å². The van der Waals surface area contributed by atoms with Gasteiger partial charge in [-0.1, -0.05) is 0 Å². The van der Waals surface area contributed by atoms with Crippen LogP contribution in [0.2, 0.25) is 0 Å². The van der Waals surface area contributed by atoms with Gasteiger partial charge in [0.25, 0.3) is 0 Å². The summed E-state index contributed by atoms with van der Waals surface area (Å²) in [5, 5.41) is 1.39. The summed E-state index contributed by atoms with van der Waals surface area (Å²) in [6.45, 7) is 0. The molecule has 7 heavy (non-hydrogen) atoms. The second-order valence-electron chi connectivity index (χ2n) is 0.982. The average Bonchev–Trinajstić information content (AvgIpc) is 1.87. The smallest absolute Gasteiger partial charge is 0.143 e. The fraction of sp³-hybridized carbons (Fsp3) is 0. The zero-order valence-corrected chi connectivity index (χ0v) is 5.64. The first-order valence-corrected chi connectivity index (χ1v) is 3.28. The van der Waals surface area contributed by atoms with Crippen molar-refractivity contribution < 1.29 is 4.39 Å². The Morgan fingerprint density at radius 2 is 2.57 bits per heavy atom. The summed E-state index contributed by atoms with van der Waals surface area (Å²) in [7, 11) is 0. The van der Waals surface area contributed by atoms with Crippen molar-refractivity contribution in [2.45, 2.75) is 0 Å². The highest BCUT2D eigenvalue weighted by Gasteiger charge is 1.91. The number of halogens is 2. The van der Waals surface area contributed by atoms with E-state index in [0.29, 0.717) is 3.79 Å². The number of hydrogen-bond acceptors (Lipinski definition) is 1. The lowest BCUT2D eigenvalue weighted by Crippen LogP contribution is -1.52. The molecule has 1 aromatic rings. The third kappa shape index (κ3) is 1.24. The molecule has 3 heteroatoms. The van der Waals surface area contributed by atoms with E-state index in [1.807, 2.05) is 0 Å². The van der Waals surface area contributed by atoms with Gasteiger partial charge in [-0.3, -0.25) is 0 Å². The van der Waals surface area contributed by atoms with Crippen molar-refractivity contribution in [1.29, 1.82) is 0 Å². The van der Waals surface area contributed by atoms with Crippen molar-refractivity contribution in [1.82, 2.24) is 0 Å². The molecular weight excluding hydrogens is 179 g/mol.